The molecule has 6 nitrogen and oxygen atoms in total. The molecule has 144 valence electrons. The molecule has 9 heteroatoms. The van der Waals surface area contributed by atoms with E-state index in [0.29, 0.717) is 29.4 Å². The molecule has 2 aromatic carbocycles. The van der Waals surface area contributed by atoms with E-state index < -0.39 is 10.0 Å². The lowest BCUT2D eigenvalue weighted by molar-refractivity contribution is 0.0698. The first-order valence-corrected chi connectivity index (χ1v) is 10.8. The maximum atomic E-state index is 12.8. The van der Waals surface area contributed by atoms with E-state index in [9.17, 15) is 13.2 Å². The third-order valence-electron chi connectivity index (χ3n) is 4.38. The number of hydrogen-bond acceptors (Lipinski definition) is 4. The van der Waals surface area contributed by atoms with Gasteiger partial charge in [0.1, 0.15) is 5.75 Å². The predicted molar refractivity (Wildman–Crippen MR) is 107 cm³/mol. The summed E-state index contributed by atoms with van der Waals surface area (Å²) in [5.74, 6) is 0.387. The van der Waals surface area contributed by atoms with E-state index in [1.165, 1.54) is 23.5 Å². The highest BCUT2D eigenvalue weighted by Crippen LogP contribution is 2.24. The average Bonchev–Trinajstić information content (AvgIpc) is 2.69. The smallest absolute Gasteiger partial charge is 0.255 e. The molecule has 1 aliphatic rings. The molecule has 0 atom stereocenters. The lowest BCUT2D eigenvalue weighted by atomic mass is 10.2. The van der Waals surface area contributed by atoms with Crippen LogP contribution < -0.4 is 4.74 Å². The molecule has 0 spiro atoms. The molecule has 0 unspecified atom stereocenters. The van der Waals surface area contributed by atoms with Gasteiger partial charge in [0.2, 0.25) is 10.0 Å². The van der Waals surface area contributed by atoms with Gasteiger partial charge < -0.3 is 9.64 Å². The minimum absolute atomic E-state index is 0.206. The van der Waals surface area contributed by atoms with Crippen LogP contribution in [0.2, 0.25) is 5.02 Å². The zero-order valence-corrected chi connectivity index (χ0v) is 17.7. The van der Waals surface area contributed by atoms with Crippen LogP contribution in [0.25, 0.3) is 0 Å². The zero-order valence-electron chi connectivity index (χ0n) is 14.6. The Hall–Kier alpha value is -1.61. The Bertz CT molecular complexity index is 942. The summed E-state index contributed by atoms with van der Waals surface area (Å²) in [6, 6.07) is 11.4. The summed E-state index contributed by atoms with van der Waals surface area (Å²) in [5.41, 5.74) is 0.400. The van der Waals surface area contributed by atoms with E-state index in [1.54, 1.807) is 35.2 Å². The SMILES string of the molecule is COc1ccc(S(=O)(=O)N2CCN(C(=O)c3cc(Br)ccc3Cl)CC2)cc1. The van der Waals surface area contributed by atoms with Crippen molar-refractivity contribution in [3.8, 4) is 5.75 Å². The molecule has 1 heterocycles. The third-order valence-corrected chi connectivity index (χ3v) is 7.12. The van der Waals surface area contributed by atoms with Gasteiger partial charge in [0.25, 0.3) is 5.91 Å². The number of nitrogens with zero attached hydrogens (tertiary/aromatic N) is 2. The summed E-state index contributed by atoms with van der Waals surface area (Å²) in [7, 11) is -2.08. The monoisotopic (exact) mass is 472 g/mol. The number of piperazine rings is 1. The Morgan fingerprint density at radius 1 is 1.07 bits per heavy atom. The maximum absolute atomic E-state index is 12.8. The van der Waals surface area contributed by atoms with Crippen LogP contribution in [0.5, 0.6) is 5.75 Å². The van der Waals surface area contributed by atoms with Crippen molar-refractivity contribution in [2.75, 3.05) is 33.3 Å². The van der Waals surface area contributed by atoms with Gasteiger partial charge in [0.15, 0.2) is 0 Å². The van der Waals surface area contributed by atoms with E-state index in [4.69, 9.17) is 16.3 Å². The van der Waals surface area contributed by atoms with Gasteiger partial charge in [-0.25, -0.2) is 8.42 Å². The number of methoxy groups -OCH3 is 1. The molecule has 1 saturated heterocycles. The molecule has 1 aliphatic heterocycles. The second kappa shape index (κ2) is 8.18. The van der Waals surface area contributed by atoms with Crippen LogP contribution in [0, 0.1) is 0 Å². The zero-order chi connectivity index (χ0) is 19.6. The van der Waals surface area contributed by atoms with Crippen LogP contribution in [0.1, 0.15) is 10.4 Å². The van der Waals surface area contributed by atoms with E-state index in [2.05, 4.69) is 15.9 Å². The quantitative estimate of drug-likeness (QED) is 0.684. The first-order valence-electron chi connectivity index (χ1n) is 8.21. The molecule has 0 saturated carbocycles. The van der Waals surface area contributed by atoms with E-state index >= 15 is 0 Å². The summed E-state index contributed by atoms with van der Waals surface area (Å²) >= 11 is 9.47. The van der Waals surface area contributed by atoms with Gasteiger partial charge in [-0.1, -0.05) is 27.5 Å². The molecule has 0 aliphatic carbocycles. The number of rotatable bonds is 4. The number of sulfonamides is 1. The summed E-state index contributed by atoms with van der Waals surface area (Å²) in [6.07, 6.45) is 0. The molecule has 27 heavy (non-hydrogen) atoms. The number of carbonyl (C=O) groups excluding carboxylic acids is 1. The highest BCUT2D eigenvalue weighted by atomic mass is 79.9. The van der Waals surface area contributed by atoms with Gasteiger partial charge >= 0.3 is 0 Å². The van der Waals surface area contributed by atoms with Gasteiger partial charge in [-0.15, -0.1) is 0 Å². The third kappa shape index (κ3) is 4.29. The van der Waals surface area contributed by atoms with E-state index in [0.717, 1.165) is 4.47 Å². The molecule has 3 rings (SSSR count). The highest BCUT2D eigenvalue weighted by Gasteiger charge is 2.31. The normalized spacial score (nSPS) is 15.6. The first kappa shape index (κ1) is 20.1. The summed E-state index contributed by atoms with van der Waals surface area (Å²) in [6.45, 7) is 1.06. The average molecular weight is 474 g/mol. The summed E-state index contributed by atoms with van der Waals surface area (Å²) in [4.78, 5) is 14.5. The molecular weight excluding hydrogens is 456 g/mol. The fourth-order valence-corrected chi connectivity index (χ4v) is 4.84. The molecule has 0 bridgehead atoms. The molecule has 0 N–H and O–H groups in total. The van der Waals surface area contributed by atoms with Gasteiger partial charge in [-0.05, 0) is 42.5 Å². The molecular formula is C18H18BrClN2O4S. The number of benzene rings is 2. The second-order valence-electron chi connectivity index (χ2n) is 6.00. The molecule has 0 aromatic heterocycles. The minimum atomic E-state index is -3.61. The fourth-order valence-electron chi connectivity index (χ4n) is 2.86. The number of ether oxygens (including phenoxy) is 1. The van der Waals surface area contributed by atoms with Crippen LogP contribution in [0.15, 0.2) is 51.8 Å². The van der Waals surface area contributed by atoms with Crippen molar-refractivity contribution < 1.29 is 17.9 Å². The van der Waals surface area contributed by atoms with Crippen LogP contribution >= 0.6 is 27.5 Å². The summed E-state index contributed by atoms with van der Waals surface area (Å²) in [5, 5.41) is 0.372. The van der Waals surface area contributed by atoms with Crippen molar-refractivity contribution in [1.29, 1.82) is 0 Å². The van der Waals surface area contributed by atoms with Crippen LogP contribution in [0.4, 0.5) is 0 Å². The fraction of sp³-hybridized carbons (Fsp3) is 0.278. The van der Waals surface area contributed by atoms with E-state index in [-0.39, 0.29) is 23.9 Å². The molecule has 0 radical (unpaired) electrons. The Labute approximate surface area is 171 Å². The standard InChI is InChI=1S/C18H18BrClN2O4S/c1-26-14-3-5-15(6-4-14)27(24,25)22-10-8-21(9-11-22)18(23)16-12-13(19)2-7-17(16)20/h2-7,12H,8-11H2,1H3. The summed E-state index contributed by atoms with van der Waals surface area (Å²) < 4.78 is 32.8. The Morgan fingerprint density at radius 3 is 2.30 bits per heavy atom. The number of hydrogen-bond donors (Lipinski definition) is 0. The maximum Gasteiger partial charge on any atom is 0.255 e. The Balaban J connectivity index is 1.70. The van der Waals surface area contributed by atoms with Crippen LogP contribution in [-0.2, 0) is 10.0 Å². The molecule has 2 aromatic rings. The molecule has 1 amide bonds. The van der Waals surface area contributed by atoms with Crippen molar-refractivity contribution >= 4 is 43.5 Å². The van der Waals surface area contributed by atoms with Gasteiger partial charge in [0, 0.05) is 30.7 Å². The van der Waals surface area contributed by atoms with Crippen molar-refractivity contribution in [1.82, 2.24) is 9.21 Å². The first-order chi connectivity index (χ1) is 12.8. The largest absolute Gasteiger partial charge is 0.497 e. The van der Waals surface area contributed by atoms with Crippen molar-refractivity contribution in [2.45, 2.75) is 4.90 Å². The number of carbonyl (C=O) groups is 1. The van der Waals surface area contributed by atoms with Crippen LogP contribution in [0.3, 0.4) is 0 Å². The minimum Gasteiger partial charge on any atom is -0.497 e. The number of halogens is 2. The van der Waals surface area contributed by atoms with E-state index in [1.807, 2.05) is 0 Å². The van der Waals surface area contributed by atoms with Crippen LogP contribution in [-0.4, -0.2) is 56.8 Å². The van der Waals surface area contributed by atoms with Gasteiger partial charge in [-0.3, -0.25) is 4.79 Å². The second-order valence-corrected chi connectivity index (χ2v) is 9.26. The lowest BCUT2D eigenvalue weighted by Gasteiger charge is -2.34. The predicted octanol–water partition coefficient (Wildman–Crippen LogP) is 3.26. The lowest BCUT2D eigenvalue weighted by Crippen LogP contribution is -2.50. The van der Waals surface area contributed by atoms with Crippen molar-refractivity contribution in [3.63, 3.8) is 0 Å². The Morgan fingerprint density at radius 2 is 1.70 bits per heavy atom. The highest BCUT2D eigenvalue weighted by molar-refractivity contribution is 9.10. The number of amides is 1. The van der Waals surface area contributed by atoms with Crippen molar-refractivity contribution in [3.05, 3.63) is 57.5 Å². The Kier molecular flexibility index (Phi) is 6.10. The topological polar surface area (TPSA) is 66.9 Å². The van der Waals surface area contributed by atoms with Gasteiger partial charge in [-0.2, -0.15) is 4.31 Å². The van der Waals surface area contributed by atoms with Crippen molar-refractivity contribution in [2.24, 2.45) is 0 Å². The molecule has 1 fully saturated rings. The van der Waals surface area contributed by atoms with Gasteiger partial charge in [0.05, 0.1) is 22.6 Å².